The molecule has 0 fully saturated rings. The van der Waals surface area contributed by atoms with Crippen molar-refractivity contribution in [2.24, 2.45) is 0 Å². The molecule has 2 aromatic rings. The molecule has 0 aromatic heterocycles. The number of amides is 1. The van der Waals surface area contributed by atoms with Gasteiger partial charge in [-0.25, -0.2) is 0 Å². The van der Waals surface area contributed by atoms with Crippen molar-refractivity contribution in [3.8, 4) is 11.5 Å². The zero-order valence-corrected chi connectivity index (χ0v) is 18.0. The number of anilines is 2. The molecule has 0 bridgehead atoms. The lowest BCUT2D eigenvalue weighted by Crippen LogP contribution is -2.32. The molecule has 162 valence electrons. The van der Waals surface area contributed by atoms with Crippen molar-refractivity contribution in [1.29, 1.82) is 0 Å². The predicted molar refractivity (Wildman–Crippen MR) is 118 cm³/mol. The van der Waals surface area contributed by atoms with E-state index in [9.17, 15) is 14.9 Å². The molecule has 0 spiro atoms. The van der Waals surface area contributed by atoms with Crippen LogP contribution in [-0.2, 0) is 4.79 Å². The van der Waals surface area contributed by atoms with Crippen LogP contribution < -0.4 is 20.1 Å². The van der Waals surface area contributed by atoms with Crippen LogP contribution in [0.15, 0.2) is 36.4 Å². The fourth-order valence-corrected chi connectivity index (χ4v) is 2.75. The summed E-state index contributed by atoms with van der Waals surface area (Å²) in [7, 11) is 0. The van der Waals surface area contributed by atoms with Gasteiger partial charge in [0.2, 0.25) is 5.91 Å². The Morgan fingerprint density at radius 2 is 1.77 bits per heavy atom. The smallest absolute Gasteiger partial charge is 0.271 e. The number of nitro groups is 1. The quantitative estimate of drug-likeness (QED) is 0.368. The summed E-state index contributed by atoms with van der Waals surface area (Å²) >= 11 is 6.04. The van der Waals surface area contributed by atoms with Crippen LogP contribution in [0.2, 0.25) is 5.02 Å². The first-order chi connectivity index (χ1) is 14.3. The Balaban J connectivity index is 2.07. The highest BCUT2D eigenvalue weighted by molar-refractivity contribution is 6.34. The Labute approximate surface area is 180 Å². The molecule has 0 aliphatic rings. The summed E-state index contributed by atoms with van der Waals surface area (Å²) in [6.07, 6.45) is 1.75. The van der Waals surface area contributed by atoms with Crippen LogP contribution in [0.25, 0.3) is 0 Å². The van der Waals surface area contributed by atoms with Gasteiger partial charge in [0.15, 0.2) is 11.5 Å². The second kappa shape index (κ2) is 11.3. The third kappa shape index (κ3) is 6.52. The first kappa shape index (κ1) is 23.3. The molecule has 1 unspecified atom stereocenters. The minimum atomic E-state index is -0.599. The van der Waals surface area contributed by atoms with Crippen LogP contribution >= 0.6 is 11.6 Å². The number of non-ortho nitro benzene ring substituents is 1. The highest BCUT2D eigenvalue weighted by Gasteiger charge is 2.17. The molecule has 8 nitrogen and oxygen atoms in total. The van der Waals surface area contributed by atoms with Gasteiger partial charge in [0, 0.05) is 23.9 Å². The van der Waals surface area contributed by atoms with Crippen LogP contribution in [0.3, 0.4) is 0 Å². The van der Waals surface area contributed by atoms with E-state index >= 15 is 0 Å². The van der Waals surface area contributed by atoms with Crippen LogP contribution in [0, 0.1) is 10.1 Å². The molecule has 0 saturated heterocycles. The Morgan fingerprint density at radius 1 is 1.10 bits per heavy atom. The molecule has 0 heterocycles. The van der Waals surface area contributed by atoms with Gasteiger partial charge in [-0.15, -0.1) is 0 Å². The largest absolute Gasteiger partial charge is 0.490 e. The van der Waals surface area contributed by atoms with Crippen LogP contribution in [0.4, 0.5) is 17.1 Å². The van der Waals surface area contributed by atoms with Gasteiger partial charge in [0.25, 0.3) is 5.69 Å². The van der Waals surface area contributed by atoms with Gasteiger partial charge in [0.1, 0.15) is 6.04 Å². The lowest BCUT2D eigenvalue weighted by molar-refractivity contribution is -0.384. The Morgan fingerprint density at radius 3 is 2.37 bits per heavy atom. The number of benzene rings is 2. The number of nitrogens with one attached hydrogen (secondary N) is 2. The number of nitrogens with zero attached hydrogens (tertiary/aromatic N) is 1. The van der Waals surface area contributed by atoms with Crippen LogP contribution in [0.5, 0.6) is 11.5 Å². The fraction of sp³-hybridized carbons (Fsp3) is 0.381. The van der Waals surface area contributed by atoms with Gasteiger partial charge in [-0.2, -0.15) is 0 Å². The Hall–Kier alpha value is -3.00. The number of carbonyl (C=O) groups excluding carboxylic acids is 1. The number of ether oxygens (including phenoxy) is 2. The summed E-state index contributed by atoms with van der Waals surface area (Å²) < 4.78 is 11.5. The topological polar surface area (TPSA) is 103 Å². The SMILES string of the molecule is CCCOc1ccc(NC(C)C(=O)Nc2ccc([N+](=O)[O-])cc2Cl)cc1OCCC. The van der Waals surface area contributed by atoms with Crippen molar-refractivity contribution < 1.29 is 19.2 Å². The average molecular weight is 436 g/mol. The maximum absolute atomic E-state index is 12.5. The van der Waals surface area contributed by atoms with Crippen molar-refractivity contribution in [3.63, 3.8) is 0 Å². The van der Waals surface area contributed by atoms with Gasteiger partial charge in [-0.05, 0) is 38.0 Å². The third-order valence-electron chi connectivity index (χ3n) is 4.06. The summed E-state index contributed by atoms with van der Waals surface area (Å²) in [6.45, 7) is 6.89. The zero-order chi connectivity index (χ0) is 22.1. The number of carbonyl (C=O) groups is 1. The van der Waals surface area contributed by atoms with Crippen molar-refractivity contribution in [3.05, 3.63) is 51.5 Å². The highest BCUT2D eigenvalue weighted by atomic mass is 35.5. The van der Waals surface area contributed by atoms with E-state index < -0.39 is 11.0 Å². The van der Waals surface area contributed by atoms with Gasteiger partial charge in [-0.1, -0.05) is 25.4 Å². The van der Waals surface area contributed by atoms with E-state index in [0.29, 0.717) is 36.1 Å². The molecule has 0 radical (unpaired) electrons. The average Bonchev–Trinajstić information content (AvgIpc) is 2.72. The van der Waals surface area contributed by atoms with Gasteiger partial charge in [-0.3, -0.25) is 14.9 Å². The summed E-state index contributed by atoms with van der Waals surface area (Å²) in [5.74, 6) is 0.931. The van der Waals surface area contributed by atoms with E-state index in [-0.39, 0.29) is 16.6 Å². The lowest BCUT2D eigenvalue weighted by Gasteiger charge is -2.18. The lowest BCUT2D eigenvalue weighted by atomic mass is 10.2. The second-order valence-corrected chi connectivity index (χ2v) is 7.04. The third-order valence-corrected chi connectivity index (χ3v) is 4.38. The van der Waals surface area contributed by atoms with Gasteiger partial charge in [0.05, 0.1) is 28.8 Å². The zero-order valence-electron chi connectivity index (χ0n) is 17.2. The Kier molecular flexibility index (Phi) is 8.73. The summed E-state index contributed by atoms with van der Waals surface area (Å²) in [5, 5.41) is 16.7. The number of rotatable bonds is 11. The molecule has 0 aliphatic heterocycles. The fourth-order valence-electron chi connectivity index (χ4n) is 2.53. The van der Waals surface area contributed by atoms with Crippen LogP contribution in [0.1, 0.15) is 33.6 Å². The molecular formula is C21H26ClN3O5. The molecule has 2 rings (SSSR count). The van der Waals surface area contributed by atoms with Gasteiger partial charge < -0.3 is 20.1 Å². The van der Waals surface area contributed by atoms with E-state index in [2.05, 4.69) is 10.6 Å². The molecular weight excluding hydrogens is 410 g/mol. The maximum atomic E-state index is 12.5. The molecule has 2 N–H and O–H groups in total. The van der Waals surface area contributed by atoms with E-state index in [1.807, 2.05) is 19.9 Å². The normalized spacial score (nSPS) is 11.5. The molecule has 1 atom stereocenters. The first-order valence-corrected chi connectivity index (χ1v) is 10.1. The number of nitro benzene ring substituents is 1. The van der Waals surface area contributed by atoms with Crippen molar-refractivity contribution >= 4 is 34.6 Å². The maximum Gasteiger partial charge on any atom is 0.271 e. The van der Waals surface area contributed by atoms with E-state index in [1.54, 1.807) is 19.1 Å². The molecule has 1 amide bonds. The van der Waals surface area contributed by atoms with E-state index in [1.165, 1.54) is 18.2 Å². The number of hydrogen-bond acceptors (Lipinski definition) is 6. The molecule has 0 saturated carbocycles. The Bertz CT molecular complexity index is 891. The summed E-state index contributed by atoms with van der Waals surface area (Å²) in [5.41, 5.74) is 0.854. The van der Waals surface area contributed by atoms with Crippen molar-refractivity contribution in [1.82, 2.24) is 0 Å². The monoisotopic (exact) mass is 435 g/mol. The predicted octanol–water partition coefficient (Wildman–Crippen LogP) is 5.26. The van der Waals surface area contributed by atoms with Crippen LogP contribution in [-0.4, -0.2) is 30.1 Å². The van der Waals surface area contributed by atoms with E-state index in [4.69, 9.17) is 21.1 Å². The molecule has 0 aliphatic carbocycles. The number of hydrogen-bond donors (Lipinski definition) is 2. The van der Waals surface area contributed by atoms with Gasteiger partial charge >= 0.3 is 0 Å². The summed E-state index contributed by atoms with van der Waals surface area (Å²) in [4.78, 5) is 22.8. The molecule has 2 aromatic carbocycles. The first-order valence-electron chi connectivity index (χ1n) is 9.76. The van der Waals surface area contributed by atoms with E-state index in [0.717, 1.165) is 12.8 Å². The molecule has 9 heteroatoms. The standard InChI is InChI=1S/C21H26ClN3O5/c1-4-10-29-19-9-6-15(12-20(19)30-11-5-2)23-14(3)21(26)24-18-8-7-16(25(27)28)13-17(18)22/h6-9,12-14,23H,4-5,10-11H2,1-3H3,(H,24,26). The highest BCUT2D eigenvalue weighted by Crippen LogP contribution is 2.31. The van der Waals surface area contributed by atoms with Crippen molar-refractivity contribution in [2.45, 2.75) is 39.7 Å². The number of halogens is 1. The van der Waals surface area contributed by atoms with Crippen molar-refractivity contribution in [2.75, 3.05) is 23.8 Å². The minimum Gasteiger partial charge on any atom is -0.490 e. The second-order valence-electron chi connectivity index (χ2n) is 6.63. The summed E-state index contributed by atoms with van der Waals surface area (Å²) in [6, 6.07) is 8.70. The minimum absolute atomic E-state index is 0.0948. The molecule has 30 heavy (non-hydrogen) atoms.